The Morgan fingerprint density at radius 2 is 1.77 bits per heavy atom. The number of carbonyl (C=O) groups is 1. The van der Waals surface area contributed by atoms with Gasteiger partial charge in [0, 0.05) is 13.6 Å². The van der Waals surface area contributed by atoms with Crippen molar-refractivity contribution in [1.82, 2.24) is 19.3 Å². The summed E-state index contributed by atoms with van der Waals surface area (Å²) in [6.07, 6.45) is 2.91. The summed E-state index contributed by atoms with van der Waals surface area (Å²) in [7, 11) is 1.71. The van der Waals surface area contributed by atoms with E-state index in [1.807, 2.05) is 24.3 Å². The van der Waals surface area contributed by atoms with Crippen molar-refractivity contribution in [1.29, 1.82) is 5.26 Å². The highest BCUT2D eigenvalue weighted by molar-refractivity contribution is 5.74. The van der Waals surface area contributed by atoms with Crippen molar-refractivity contribution in [3.05, 3.63) is 77.0 Å². The number of carbonyl (C=O) groups excluding carboxylic acids is 1. The molecule has 2 aromatic carbocycles. The van der Waals surface area contributed by atoms with E-state index < -0.39 is 5.97 Å². The summed E-state index contributed by atoms with van der Waals surface area (Å²) in [5.74, 6) is -0.0233. The first-order valence-corrected chi connectivity index (χ1v) is 9.23. The second kappa shape index (κ2) is 8.01. The van der Waals surface area contributed by atoms with Crippen LogP contribution < -0.4 is 10.3 Å². The molecule has 148 valence electrons. The van der Waals surface area contributed by atoms with Gasteiger partial charge in [-0.25, -0.2) is 4.98 Å². The van der Waals surface area contributed by atoms with Gasteiger partial charge in [-0.05, 0) is 35.4 Å². The molecule has 0 amide bonds. The number of aryl methyl sites for hydroxylation is 2. The van der Waals surface area contributed by atoms with Gasteiger partial charge in [0.05, 0.1) is 30.6 Å². The second-order valence-electron chi connectivity index (χ2n) is 6.69. The summed E-state index contributed by atoms with van der Waals surface area (Å²) in [6, 6.07) is 16.4. The molecule has 0 radical (unpaired) electrons. The van der Waals surface area contributed by atoms with Crippen molar-refractivity contribution in [2.45, 2.75) is 13.0 Å². The lowest BCUT2D eigenvalue weighted by atomic mass is 10.0. The molecule has 0 spiro atoms. The third-order valence-electron chi connectivity index (χ3n) is 4.71. The van der Waals surface area contributed by atoms with E-state index in [2.05, 4.69) is 16.2 Å². The Balaban J connectivity index is 1.39. The lowest BCUT2D eigenvalue weighted by molar-refractivity contribution is -0.134. The Morgan fingerprint density at radius 1 is 1.10 bits per heavy atom. The number of hydrogen-bond donors (Lipinski definition) is 0. The molecule has 0 N–H and O–H groups in total. The first-order valence-electron chi connectivity index (χ1n) is 9.23. The number of fused-ring (bicyclic) bond motifs is 1. The van der Waals surface area contributed by atoms with Crippen LogP contribution in [0.15, 0.2) is 65.8 Å². The van der Waals surface area contributed by atoms with Gasteiger partial charge >= 0.3 is 5.97 Å². The molecule has 0 aliphatic heterocycles. The molecule has 2 aromatic heterocycles. The molecule has 8 heteroatoms. The molecule has 0 saturated heterocycles. The van der Waals surface area contributed by atoms with Crippen LogP contribution in [0.3, 0.4) is 0 Å². The Morgan fingerprint density at radius 3 is 2.43 bits per heavy atom. The van der Waals surface area contributed by atoms with Crippen molar-refractivity contribution < 1.29 is 9.53 Å². The average Bonchev–Trinajstić information content (AvgIpc) is 3.15. The lowest BCUT2D eigenvalue weighted by Gasteiger charge is -2.07. The minimum atomic E-state index is -0.445. The normalized spacial score (nSPS) is 10.7. The molecule has 4 aromatic rings. The highest BCUT2D eigenvalue weighted by Gasteiger charge is 2.11. The third kappa shape index (κ3) is 3.82. The fraction of sp³-hybridized carbons (Fsp3) is 0.136. The molecule has 8 nitrogen and oxygen atoms in total. The van der Waals surface area contributed by atoms with Gasteiger partial charge in [-0.3, -0.25) is 18.8 Å². The van der Waals surface area contributed by atoms with E-state index in [0.717, 1.165) is 11.1 Å². The lowest BCUT2D eigenvalue weighted by Crippen LogP contribution is -2.23. The van der Waals surface area contributed by atoms with Crippen LogP contribution in [0.2, 0.25) is 0 Å². The van der Waals surface area contributed by atoms with E-state index in [-0.39, 0.29) is 18.5 Å². The van der Waals surface area contributed by atoms with Crippen LogP contribution in [-0.2, 0) is 18.4 Å². The first-order chi connectivity index (χ1) is 14.5. The van der Waals surface area contributed by atoms with Gasteiger partial charge < -0.3 is 4.74 Å². The number of benzene rings is 2. The number of nitriles is 1. The van der Waals surface area contributed by atoms with Crippen molar-refractivity contribution >= 4 is 17.0 Å². The number of rotatable bonds is 5. The maximum absolute atomic E-state index is 12.4. The van der Waals surface area contributed by atoms with E-state index in [4.69, 9.17) is 10.00 Å². The van der Waals surface area contributed by atoms with Gasteiger partial charge in [0.2, 0.25) is 0 Å². The van der Waals surface area contributed by atoms with Gasteiger partial charge in [0.25, 0.3) is 5.56 Å². The molecule has 0 aliphatic rings. The van der Waals surface area contributed by atoms with Crippen molar-refractivity contribution in [2.24, 2.45) is 7.05 Å². The summed E-state index contributed by atoms with van der Waals surface area (Å²) >= 11 is 0. The summed E-state index contributed by atoms with van der Waals surface area (Å²) in [5.41, 5.74) is 2.77. The molecule has 4 rings (SSSR count). The fourth-order valence-electron chi connectivity index (χ4n) is 3.07. The molecule has 0 fully saturated rings. The van der Waals surface area contributed by atoms with Gasteiger partial charge in [-0.2, -0.15) is 10.4 Å². The topological polar surface area (TPSA) is 103 Å². The van der Waals surface area contributed by atoms with E-state index in [0.29, 0.717) is 22.3 Å². The summed E-state index contributed by atoms with van der Waals surface area (Å²) in [5, 5.41) is 13.3. The van der Waals surface area contributed by atoms with E-state index in [9.17, 15) is 9.59 Å². The van der Waals surface area contributed by atoms with E-state index in [1.54, 1.807) is 31.3 Å². The van der Waals surface area contributed by atoms with Crippen LogP contribution in [0, 0.1) is 11.3 Å². The average molecular weight is 399 g/mol. The van der Waals surface area contributed by atoms with Gasteiger partial charge in [0.15, 0.2) is 5.65 Å². The van der Waals surface area contributed by atoms with E-state index in [1.165, 1.54) is 21.8 Å². The zero-order valence-corrected chi connectivity index (χ0v) is 16.1. The molecular weight excluding hydrogens is 382 g/mol. The molecule has 0 atom stereocenters. The monoisotopic (exact) mass is 399 g/mol. The van der Waals surface area contributed by atoms with E-state index >= 15 is 0 Å². The molecule has 30 heavy (non-hydrogen) atoms. The molecule has 0 unspecified atom stereocenters. The number of ether oxygens (including phenoxy) is 1. The van der Waals surface area contributed by atoms with Crippen LogP contribution in [0.4, 0.5) is 0 Å². The van der Waals surface area contributed by atoms with Crippen molar-refractivity contribution in [3.8, 4) is 22.9 Å². The van der Waals surface area contributed by atoms with Crippen molar-refractivity contribution in [2.75, 3.05) is 0 Å². The van der Waals surface area contributed by atoms with Crippen LogP contribution in [-0.4, -0.2) is 25.3 Å². The molecule has 0 aliphatic carbocycles. The molecular formula is C22H17N5O3. The zero-order valence-electron chi connectivity index (χ0n) is 16.1. The Bertz CT molecular complexity index is 1310. The maximum Gasteiger partial charge on any atom is 0.312 e. The maximum atomic E-state index is 12.4. The summed E-state index contributed by atoms with van der Waals surface area (Å²) < 4.78 is 8.26. The Kier molecular flexibility index (Phi) is 5.09. The van der Waals surface area contributed by atoms with Gasteiger partial charge in [-0.1, -0.05) is 24.3 Å². The predicted molar refractivity (Wildman–Crippen MR) is 110 cm³/mol. The molecule has 0 bridgehead atoms. The van der Waals surface area contributed by atoms with Crippen molar-refractivity contribution in [3.63, 3.8) is 0 Å². The number of hydrogen-bond acceptors (Lipinski definition) is 6. The molecule has 0 saturated carbocycles. The minimum Gasteiger partial charge on any atom is -0.426 e. The quantitative estimate of drug-likeness (QED) is 0.378. The number of esters is 1. The standard InChI is InChI=1S/C22H17N5O3/c1-26-21-19(13-25-26)22(29)27(14-24-21)11-10-20(28)30-18-8-6-17(7-9-18)16-4-2-15(12-23)3-5-16/h2-9,13-14H,10-11H2,1H3. The smallest absolute Gasteiger partial charge is 0.312 e. The SMILES string of the molecule is Cn1ncc2c(=O)n(CCC(=O)Oc3ccc(-c4ccc(C#N)cc4)cc3)cnc21. The first kappa shape index (κ1) is 19.1. The molecule has 2 heterocycles. The van der Waals surface area contributed by atoms with Crippen LogP contribution >= 0.6 is 0 Å². The predicted octanol–water partition coefficient (Wildman–Crippen LogP) is 2.66. The third-order valence-corrected chi connectivity index (χ3v) is 4.71. The highest BCUT2D eigenvalue weighted by Crippen LogP contribution is 2.23. The van der Waals surface area contributed by atoms with Gasteiger partial charge in [-0.15, -0.1) is 0 Å². The highest BCUT2D eigenvalue weighted by atomic mass is 16.5. The second-order valence-corrected chi connectivity index (χ2v) is 6.69. The Labute approximate surface area is 171 Å². The fourth-order valence-corrected chi connectivity index (χ4v) is 3.07. The summed E-state index contributed by atoms with van der Waals surface area (Å²) in [4.78, 5) is 28.8. The minimum absolute atomic E-state index is 0.0325. The van der Waals surface area contributed by atoms with Crippen LogP contribution in [0.25, 0.3) is 22.2 Å². The summed E-state index contributed by atoms with van der Waals surface area (Å²) in [6.45, 7) is 0.166. The number of aromatic nitrogens is 4. The zero-order chi connectivity index (χ0) is 21.1. The van der Waals surface area contributed by atoms with Crippen LogP contribution in [0.5, 0.6) is 5.75 Å². The van der Waals surface area contributed by atoms with Crippen LogP contribution in [0.1, 0.15) is 12.0 Å². The van der Waals surface area contributed by atoms with Gasteiger partial charge in [0.1, 0.15) is 11.1 Å². The Hall–Kier alpha value is -4.25. The number of nitrogens with zero attached hydrogens (tertiary/aromatic N) is 5. The largest absolute Gasteiger partial charge is 0.426 e.